The second-order valence-corrected chi connectivity index (χ2v) is 5.78. The molecule has 2 atom stereocenters. The standard InChI is InChI=1S/C14H22F2N4O2/c1-9(2)13-10(4-6-22-13)7-17-14(21)18-12-3-5-20(19-12)8-11(15)16/h3,5,9-11,13H,4,6-8H2,1-2H3,(H2,17,18,19,21)/t10-,13-/m0/s1. The van der Waals surface area contributed by atoms with E-state index < -0.39 is 19.0 Å². The number of hydrogen-bond acceptors (Lipinski definition) is 3. The van der Waals surface area contributed by atoms with Gasteiger partial charge in [-0.2, -0.15) is 5.10 Å². The third-order valence-corrected chi connectivity index (χ3v) is 3.65. The molecule has 8 heteroatoms. The maximum absolute atomic E-state index is 12.2. The molecular weight excluding hydrogens is 294 g/mol. The highest BCUT2D eigenvalue weighted by Crippen LogP contribution is 2.26. The molecule has 2 N–H and O–H groups in total. The molecular formula is C14H22F2N4O2. The molecule has 2 rings (SSSR count). The van der Waals surface area contributed by atoms with Crippen LogP contribution in [0.4, 0.5) is 19.4 Å². The van der Waals surface area contributed by atoms with Gasteiger partial charge in [0, 0.05) is 31.3 Å². The Bertz CT molecular complexity index is 493. The Hall–Kier alpha value is -1.70. The van der Waals surface area contributed by atoms with Crippen molar-refractivity contribution in [3.05, 3.63) is 12.3 Å². The Morgan fingerprint density at radius 2 is 2.32 bits per heavy atom. The molecule has 22 heavy (non-hydrogen) atoms. The SMILES string of the molecule is CC(C)[C@@H]1OCC[C@H]1CNC(=O)Nc1ccn(CC(F)F)n1. The van der Waals surface area contributed by atoms with Crippen molar-refractivity contribution in [1.82, 2.24) is 15.1 Å². The molecule has 0 spiro atoms. The average molecular weight is 316 g/mol. The minimum Gasteiger partial charge on any atom is -0.378 e. The number of rotatable bonds is 6. The fraction of sp³-hybridized carbons (Fsp3) is 0.714. The monoisotopic (exact) mass is 316 g/mol. The molecule has 1 aromatic heterocycles. The summed E-state index contributed by atoms with van der Waals surface area (Å²) in [7, 11) is 0. The molecule has 0 aromatic carbocycles. The number of urea groups is 1. The van der Waals surface area contributed by atoms with Crippen LogP contribution >= 0.6 is 0 Å². The van der Waals surface area contributed by atoms with Crippen LogP contribution in [0.3, 0.4) is 0 Å². The van der Waals surface area contributed by atoms with Crippen molar-refractivity contribution in [2.24, 2.45) is 11.8 Å². The number of nitrogens with one attached hydrogen (secondary N) is 2. The Morgan fingerprint density at radius 3 is 3.00 bits per heavy atom. The number of ether oxygens (including phenoxy) is 1. The Morgan fingerprint density at radius 1 is 1.55 bits per heavy atom. The van der Waals surface area contributed by atoms with E-state index >= 15 is 0 Å². The fourth-order valence-corrected chi connectivity index (χ4v) is 2.67. The number of amides is 2. The fourth-order valence-electron chi connectivity index (χ4n) is 2.67. The molecule has 124 valence electrons. The summed E-state index contributed by atoms with van der Waals surface area (Å²) >= 11 is 0. The molecule has 6 nitrogen and oxygen atoms in total. The van der Waals surface area contributed by atoms with Crippen LogP contribution in [0.1, 0.15) is 20.3 Å². The first-order valence-corrected chi connectivity index (χ1v) is 7.43. The zero-order valence-electron chi connectivity index (χ0n) is 12.8. The number of carbonyl (C=O) groups is 1. The van der Waals surface area contributed by atoms with E-state index in [0.717, 1.165) is 17.7 Å². The second-order valence-electron chi connectivity index (χ2n) is 5.78. The summed E-state index contributed by atoms with van der Waals surface area (Å²) in [6.45, 7) is 4.94. The Kier molecular flexibility index (Phi) is 5.70. The summed E-state index contributed by atoms with van der Waals surface area (Å²) in [6, 6.07) is 1.09. The lowest BCUT2D eigenvalue weighted by Crippen LogP contribution is -2.37. The molecule has 2 heterocycles. The molecule has 0 bridgehead atoms. The van der Waals surface area contributed by atoms with Crippen molar-refractivity contribution < 1.29 is 18.3 Å². The highest BCUT2D eigenvalue weighted by atomic mass is 19.3. The van der Waals surface area contributed by atoms with E-state index in [-0.39, 0.29) is 11.9 Å². The van der Waals surface area contributed by atoms with E-state index in [9.17, 15) is 13.6 Å². The van der Waals surface area contributed by atoms with Gasteiger partial charge in [0.15, 0.2) is 5.82 Å². The van der Waals surface area contributed by atoms with Crippen molar-refractivity contribution in [1.29, 1.82) is 0 Å². The quantitative estimate of drug-likeness (QED) is 0.846. The number of aromatic nitrogens is 2. The van der Waals surface area contributed by atoms with E-state index in [1.54, 1.807) is 0 Å². The highest BCUT2D eigenvalue weighted by Gasteiger charge is 2.30. The van der Waals surface area contributed by atoms with Crippen LogP contribution in [0, 0.1) is 11.8 Å². The number of carbonyl (C=O) groups excluding carboxylic acids is 1. The third-order valence-electron chi connectivity index (χ3n) is 3.65. The minimum absolute atomic E-state index is 0.158. The van der Waals surface area contributed by atoms with E-state index in [1.165, 1.54) is 12.3 Å². The molecule has 1 aliphatic rings. The van der Waals surface area contributed by atoms with Crippen LogP contribution < -0.4 is 10.6 Å². The van der Waals surface area contributed by atoms with E-state index in [4.69, 9.17) is 4.74 Å². The summed E-state index contributed by atoms with van der Waals surface area (Å²) in [5.41, 5.74) is 0. The van der Waals surface area contributed by atoms with Crippen molar-refractivity contribution in [3.8, 4) is 0 Å². The smallest absolute Gasteiger partial charge is 0.320 e. The molecule has 1 fully saturated rings. The predicted octanol–water partition coefficient (Wildman–Crippen LogP) is 2.33. The van der Waals surface area contributed by atoms with Crippen LogP contribution in [0.2, 0.25) is 0 Å². The van der Waals surface area contributed by atoms with Crippen LogP contribution in [-0.4, -0.2) is 41.5 Å². The summed E-state index contributed by atoms with van der Waals surface area (Å²) < 4.78 is 31.2. The molecule has 2 amide bonds. The van der Waals surface area contributed by atoms with Gasteiger partial charge in [0.25, 0.3) is 6.43 Å². The number of hydrogen-bond donors (Lipinski definition) is 2. The first-order valence-electron chi connectivity index (χ1n) is 7.43. The van der Waals surface area contributed by atoms with Crippen molar-refractivity contribution >= 4 is 11.8 Å². The molecule has 0 unspecified atom stereocenters. The van der Waals surface area contributed by atoms with E-state index in [1.807, 2.05) is 0 Å². The summed E-state index contributed by atoms with van der Waals surface area (Å²) in [6.07, 6.45) is 0.00974. The van der Waals surface area contributed by atoms with Crippen LogP contribution in [-0.2, 0) is 11.3 Å². The van der Waals surface area contributed by atoms with Gasteiger partial charge in [-0.25, -0.2) is 13.6 Å². The van der Waals surface area contributed by atoms with Gasteiger partial charge in [0.2, 0.25) is 0 Å². The van der Waals surface area contributed by atoms with Crippen molar-refractivity contribution in [2.45, 2.75) is 39.3 Å². The first kappa shape index (κ1) is 16.7. The Labute approximate surface area is 128 Å². The average Bonchev–Trinajstić information content (AvgIpc) is 3.05. The van der Waals surface area contributed by atoms with Crippen LogP contribution in [0.15, 0.2) is 12.3 Å². The number of nitrogens with zero attached hydrogens (tertiary/aromatic N) is 2. The predicted molar refractivity (Wildman–Crippen MR) is 77.9 cm³/mol. The van der Waals surface area contributed by atoms with Gasteiger partial charge in [-0.1, -0.05) is 13.8 Å². The largest absolute Gasteiger partial charge is 0.378 e. The lowest BCUT2D eigenvalue weighted by atomic mass is 9.93. The molecule has 0 aliphatic carbocycles. The van der Waals surface area contributed by atoms with E-state index in [0.29, 0.717) is 18.4 Å². The molecule has 1 aliphatic heterocycles. The lowest BCUT2D eigenvalue weighted by molar-refractivity contribution is 0.0546. The summed E-state index contributed by atoms with van der Waals surface area (Å²) in [4.78, 5) is 11.8. The van der Waals surface area contributed by atoms with Gasteiger partial charge in [0.05, 0.1) is 6.10 Å². The first-order chi connectivity index (χ1) is 10.5. The van der Waals surface area contributed by atoms with Gasteiger partial charge in [-0.05, 0) is 12.3 Å². The number of halogens is 2. The minimum atomic E-state index is -2.48. The zero-order chi connectivity index (χ0) is 16.1. The molecule has 0 saturated carbocycles. The van der Waals surface area contributed by atoms with Crippen molar-refractivity contribution in [2.75, 3.05) is 18.5 Å². The highest BCUT2D eigenvalue weighted by molar-refractivity contribution is 5.88. The van der Waals surface area contributed by atoms with Gasteiger partial charge in [-0.3, -0.25) is 10.00 Å². The second kappa shape index (κ2) is 7.53. The van der Waals surface area contributed by atoms with Gasteiger partial charge >= 0.3 is 6.03 Å². The van der Waals surface area contributed by atoms with Gasteiger partial charge in [-0.15, -0.1) is 0 Å². The molecule has 1 saturated heterocycles. The normalized spacial score (nSPS) is 21.5. The molecule has 1 aromatic rings. The molecule has 0 radical (unpaired) electrons. The van der Waals surface area contributed by atoms with Gasteiger partial charge < -0.3 is 10.1 Å². The Balaban J connectivity index is 1.77. The maximum Gasteiger partial charge on any atom is 0.320 e. The number of anilines is 1. The summed E-state index contributed by atoms with van der Waals surface area (Å²) in [5.74, 6) is 0.950. The van der Waals surface area contributed by atoms with Crippen molar-refractivity contribution in [3.63, 3.8) is 0 Å². The van der Waals surface area contributed by atoms with Crippen LogP contribution in [0.5, 0.6) is 0 Å². The lowest BCUT2D eigenvalue weighted by Gasteiger charge is -2.22. The third kappa shape index (κ3) is 4.66. The van der Waals surface area contributed by atoms with Gasteiger partial charge in [0.1, 0.15) is 6.54 Å². The zero-order valence-corrected chi connectivity index (χ0v) is 12.8. The maximum atomic E-state index is 12.2. The summed E-state index contributed by atoms with van der Waals surface area (Å²) in [5, 5.41) is 9.17. The van der Waals surface area contributed by atoms with Crippen LogP contribution in [0.25, 0.3) is 0 Å². The van der Waals surface area contributed by atoms with E-state index in [2.05, 4.69) is 29.6 Å². The number of alkyl halides is 2. The topological polar surface area (TPSA) is 68.2 Å².